The number of nitrogens with one attached hydrogen (secondary N) is 1. The monoisotopic (exact) mass is 285 g/mol. The van der Waals surface area contributed by atoms with Gasteiger partial charge in [-0.1, -0.05) is 31.0 Å². The predicted octanol–water partition coefficient (Wildman–Crippen LogP) is 3.91. The van der Waals surface area contributed by atoms with Crippen LogP contribution < -0.4 is 5.32 Å². The Hall–Kier alpha value is -1.97. The molecule has 0 bridgehead atoms. The van der Waals surface area contributed by atoms with Gasteiger partial charge >= 0.3 is 0 Å². The molecule has 1 saturated carbocycles. The average molecular weight is 285 g/mol. The molecule has 0 unspecified atom stereocenters. The van der Waals surface area contributed by atoms with Gasteiger partial charge in [-0.2, -0.15) is 0 Å². The molecule has 0 aliphatic heterocycles. The average Bonchev–Trinajstić information content (AvgIpc) is 3.04. The maximum absolute atomic E-state index is 13.8. The Morgan fingerprint density at radius 2 is 1.95 bits per heavy atom. The van der Waals surface area contributed by atoms with E-state index in [0.29, 0.717) is 23.7 Å². The first-order chi connectivity index (χ1) is 10.3. The normalized spacial score (nSPS) is 15.3. The highest BCUT2D eigenvalue weighted by Crippen LogP contribution is 2.33. The van der Waals surface area contributed by atoms with Gasteiger partial charge in [-0.05, 0) is 24.5 Å². The molecule has 1 aliphatic rings. The predicted molar refractivity (Wildman–Crippen MR) is 82.0 cm³/mol. The topological polar surface area (TPSA) is 37.8 Å². The molecule has 1 fully saturated rings. The molecule has 3 nitrogen and oxygen atoms in total. The lowest BCUT2D eigenvalue weighted by Gasteiger charge is -2.12. The van der Waals surface area contributed by atoms with Crippen LogP contribution >= 0.6 is 0 Å². The summed E-state index contributed by atoms with van der Waals surface area (Å²) in [6, 6.07) is 8.85. The Labute approximate surface area is 124 Å². The van der Waals surface area contributed by atoms with Gasteiger partial charge in [0.1, 0.15) is 17.5 Å². The summed E-state index contributed by atoms with van der Waals surface area (Å²) < 4.78 is 13.8. The van der Waals surface area contributed by atoms with Gasteiger partial charge in [0.25, 0.3) is 0 Å². The number of benzene rings is 1. The molecular weight excluding hydrogens is 265 g/mol. The Morgan fingerprint density at radius 1 is 1.19 bits per heavy atom. The third kappa shape index (κ3) is 3.20. The summed E-state index contributed by atoms with van der Waals surface area (Å²) in [6.45, 7) is 0. The van der Waals surface area contributed by atoms with E-state index in [1.165, 1.54) is 31.7 Å². The van der Waals surface area contributed by atoms with Gasteiger partial charge in [-0.3, -0.25) is 0 Å². The minimum Gasteiger partial charge on any atom is -0.373 e. The molecule has 0 spiro atoms. The van der Waals surface area contributed by atoms with Crippen LogP contribution in [0.4, 0.5) is 10.2 Å². The number of anilines is 1. The summed E-state index contributed by atoms with van der Waals surface area (Å²) in [5, 5.41) is 3.09. The molecule has 21 heavy (non-hydrogen) atoms. The van der Waals surface area contributed by atoms with Crippen LogP contribution in [0.3, 0.4) is 0 Å². The molecule has 1 heterocycles. The molecule has 2 aromatic rings. The molecule has 1 aromatic carbocycles. The number of hydrogen-bond acceptors (Lipinski definition) is 3. The molecule has 4 heteroatoms. The van der Waals surface area contributed by atoms with Gasteiger partial charge in [0.05, 0.1) is 0 Å². The van der Waals surface area contributed by atoms with Gasteiger partial charge in [-0.25, -0.2) is 14.4 Å². The van der Waals surface area contributed by atoms with E-state index in [1.807, 2.05) is 19.2 Å². The second kappa shape index (κ2) is 6.20. The van der Waals surface area contributed by atoms with Crippen molar-refractivity contribution >= 4 is 5.82 Å². The van der Waals surface area contributed by atoms with E-state index in [9.17, 15) is 4.39 Å². The first kappa shape index (κ1) is 14.0. The van der Waals surface area contributed by atoms with Gasteiger partial charge < -0.3 is 5.32 Å². The van der Waals surface area contributed by atoms with Gasteiger partial charge in [0.15, 0.2) is 0 Å². The van der Waals surface area contributed by atoms with E-state index in [2.05, 4.69) is 15.3 Å². The lowest BCUT2D eigenvalue weighted by molar-refractivity contribution is 0.611. The second-order valence-electron chi connectivity index (χ2n) is 5.59. The molecule has 0 radical (unpaired) electrons. The molecule has 1 aliphatic carbocycles. The van der Waals surface area contributed by atoms with E-state index in [4.69, 9.17) is 0 Å². The first-order valence-electron chi connectivity index (χ1n) is 7.55. The highest BCUT2D eigenvalue weighted by atomic mass is 19.1. The second-order valence-corrected chi connectivity index (χ2v) is 5.59. The lowest BCUT2D eigenvalue weighted by Crippen LogP contribution is -2.07. The van der Waals surface area contributed by atoms with Crippen molar-refractivity contribution in [1.29, 1.82) is 0 Å². The minimum absolute atomic E-state index is 0.196. The summed E-state index contributed by atoms with van der Waals surface area (Å²) in [5.74, 6) is 1.84. The van der Waals surface area contributed by atoms with Crippen molar-refractivity contribution in [1.82, 2.24) is 9.97 Å². The Bertz CT molecular complexity index is 621. The van der Waals surface area contributed by atoms with Gasteiger partial charge in [0, 0.05) is 31.1 Å². The van der Waals surface area contributed by atoms with Crippen molar-refractivity contribution < 1.29 is 4.39 Å². The molecule has 0 atom stereocenters. The summed E-state index contributed by atoms with van der Waals surface area (Å²) in [5.41, 5.74) is 1.74. The molecule has 0 saturated heterocycles. The first-order valence-corrected chi connectivity index (χ1v) is 7.55. The summed E-state index contributed by atoms with van der Waals surface area (Å²) in [7, 11) is 1.85. The number of nitrogens with zero attached hydrogens (tertiary/aromatic N) is 2. The highest BCUT2D eigenvalue weighted by molar-refractivity contribution is 5.37. The molecule has 1 aromatic heterocycles. The van der Waals surface area contributed by atoms with Crippen LogP contribution in [0, 0.1) is 5.82 Å². The lowest BCUT2D eigenvalue weighted by atomic mass is 10.0. The van der Waals surface area contributed by atoms with Crippen molar-refractivity contribution in [2.45, 2.75) is 38.0 Å². The van der Waals surface area contributed by atoms with Crippen LogP contribution in [-0.2, 0) is 6.42 Å². The number of hydrogen-bond donors (Lipinski definition) is 1. The van der Waals surface area contributed by atoms with E-state index >= 15 is 0 Å². The van der Waals surface area contributed by atoms with Crippen LogP contribution in [0.25, 0.3) is 0 Å². The number of aromatic nitrogens is 2. The van der Waals surface area contributed by atoms with Gasteiger partial charge in [-0.15, -0.1) is 0 Å². The van der Waals surface area contributed by atoms with Crippen LogP contribution in [0.5, 0.6) is 0 Å². The van der Waals surface area contributed by atoms with Crippen LogP contribution in [0.2, 0.25) is 0 Å². The Balaban J connectivity index is 1.90. The van der Waals surface area contributed by atoms with Gasteiger partial charge in [0.2, 0.25) is 0 Å². The molecule has 3 rings (SSSR count). The maximum Gasteiger partial charge on any atom is 0.135 e. The fourth-order valence-electron chi connectivity index (χ4n) is 2.97. The van der Waals surface area contributed by atoms with Crippen molar-refractivity contribution in [3.05, 3.63) is 53.2 Å². The third-order valence-corrected chi connectivity index (χ3v) is 4.13. The standard InChI is InChI=1S/C17H20FN3/c1-19-16-11-15(12-6-2-3-7-12)20-17(21-16)10-13-8-4-5-9-14(13)18/h4-5,8-9,11-12H,2-3,6-7,10H2,1H3,(H,19,20,21). The number of halogens is 1. The summed E-state index contributed by atoms with van der Waals surface area (Å²) >= 11 is 0. The fourth-order valence-corrected chi connectivity index (χ4v) is 2.97. The Morgan fingerprint density at radius 3 is 2.67 bits per heavy atom. The summed E-state index contributed by atoms with van der Waals surface area (Å²) in [6.07, 6.45) is 5.36. The van der Waals surface area contributed by atoms with Crippen LogP contribution in [-0.4, -0.2) is 17.0 Å². The zero-order valence-electron chi connectivity index (χ0n) is 12.3. The molecule has 110 valence electrons. The molecule has 0 amide bonds. The summed E-state index contributed by atoms with van der Waals surface area (Å²) in [4.78, 5) is 9.15. The fraction of sp³-hybridized carbons (Fsp3) is 0.412. The smallest absolute Gasteiger partial charge is 0.135 e. The van der Waals surface area contributed by atoms with E-state index in [1.54, 1.807) is 12.1 Å². The zero-order chi connectivity index (χ0) is 14.7. The number of rotatable bonds is 4. The van der Waals surface area contributed by atoms with E-state index < -0.39 is 0 Å². The largest absolute Gasteiger partial charge is 0.373 e. The van der Waals surface area contributed by atoms with Crippen LogP contribution in [0.15, 0.2) is 30.3 Å². The van der Waals surface area contributed by atoms with Crippen molar-refractivity contribution in [2.75, 3.05) is 12.4 Å². The van der Waals surface area contributed by atoms with Crippen molar-refractivity contribution in [3.8, 4) is 0 Å². The SMILES string of the molecule is CNc1cc(C2CCCC2)nc(Cc2ccccc2F)n1. The van der Waals surface area contributed by atoms with Crippen LogP contribution in [0.1, 0.15) is 48.7 Å². The Kier molecular flexibility index (Phi) is 4.13. The third-order valence-electron chi connectivity index (χ3n) is 4.13. The molecule has 1 N–H and O–H groups in total. The highest BCUT2D eigenvalue weighted by Gasteiger charge is 2.20. The maximum atomic E-state index is 13.8. The van der Waals surface area contributed by atoms with E-state index in [0.717, 1.165) is 11.5 Å². The van der Waals surface area contributed by atoms with E-state index in [-0.39, 0.29) is 5.82 Å². The van der Waals surface area contributed by atoms with Crippen molar-refractivity contribution in [3.63, 3.8) is 0 Å². The minimum atomic E-state index is -0.196. The zero-order valence-corrected chi connectivity index (χ0v) is 12.3. The molecular formula is C17H20FN3. The quantitative estimate of drug-likeness (QED) is 0.925. The van der Waals surface area contributed by atoms with Crippen molar-refractivity contribution in [2.24, 2.45) is 0 Å².